The minimum Gasteiger partial charge on any atom is -0.393 e. The van der Waals surface area contributed by atoms with E-state index in [1.807, 2.05) is 12.3 Å². The lowest BCUT2D eigenvalue weighted by atomic mass is 10.1. The average molecular weight is 338 g/mol. The van der Waals surface area contributed by atoms with E-state index in [1.54, 1.807) is 0 Å². The SMILES string of the molecule is CN1CCc2cc(CNc3cccnc3N3CCC(O)CC3)ccc21. The summed E-state index contributed by atoms with van der Waals surface area (Å²) in [5.74, 6) is 0.996. The number of nitrogens with zero attached hydrogens (tertiary/aromatic N) is 3. The van der Waals surface area contributed by atoms with Gasteiger partial charge in [0.1, 0.15) is 0 Å². The maximum absolute atomic E-state index is 9.72. The molecule has 0 spiro atoms. The molecular formula is C20H26N4O. The fraction of sp³-hybridized carbons (Fsp3) is 0.450. The first-order valence-corrected chi connectivity index (χ1v) is 9.15. The van der Waals surface area contributed by atoms with E-state index in [2.05, 4.69) is 51.4 Å². The molecule has 4 rings (SSSR count). The zero-order valence-electron chi connectivity index (χ0n) is 14.8. The third-order valence-corrected chi connectivity index (χ3v) is 5.31. The summed E-state index contributed by atoms with van der Waals surface area (Å²) >= 11 is 0. The smallest absolute Gasteiger partial charge is 0.151 e. The summed E-state index contributed by atoms with van der Waals surface area (Å²) in [6.45, 7) is 3.63. The summed E-state index contributed by atoms with van der Waals surface area (Å²) in [5.41, 5.74) is 5.17. The number of piperidine rings is 1. The summed E-state index contributed by atoms with van der Waals surface area (Å²) in [7, 11) is 2.15. The van der Waals surface area contributed by atoms with Gasteiger partial charge in [0, 0.05) is 45.1 Å². The first-order chi connectivity index (χ1) is 12.2. The zero-order valence-corrected chi connectivity index (χ0v) is 14.8. The first-order valence-electron chi connectivity index (χ1n) is 9.15. The lowest BCUT2D eigenvalue weighted by Crippen LogP contribution is -2.36. The average Bonchev–Trinajstić information content (AvgIpc) is 3.01. The Morgan fingerprint density at radius 2 is 2.04 bits per heavy atom. The number of aliphatic hydroxyl groups excluding tert-OH is 1. The summed E-state index contributed by atoms with van der Waals surface area (Å²) < 4.78 is 0. The van der Waals surface area contributed by atoms with E-state index in [1.165, 1.54) is 16.8 Å². The fourth-order valence-electron chi connectivity index (χ4n) is 3.79. The quantitative estimate of drug-likeness (QED) is 0.898. The van der Waals surface area contributed by atoms with E-state index in [9.17, 15) is 5.11 Å². The molecule has 0 unspecified atom stereocenters. The van der Waals surface area contributed by atoms with Gasteiger partial charge >= 0.3 is 0 Å². The maximum atomic E-state index is 9.72. The monoisotopic (exact) mass is 338 g/mol. The van der Waals surface area contributed by atoms with Crippen molar-refractivity contribution < 1.29 is 5.11 Å². The molecule has 5 heteroatoms. The van der Waals surface area contributed by atoms with Crippen LogP contribution in [0.25, 0.3) is 0 Å². The molecule has 0 amide bonds. The molecule has 2 aliphatic heterocycles. The van der Waals surface area contributed by atoms with Crippen molar-refractivity contribution in [2.75, 3.05) is 41.8 Å². The molecule has 1 aromatic heterocycles. The molecule has 1 saturated heterocycles. The van der Waals surface area contributed by atoms with Crippen molar-refractivity contribution in [3.8, 4) is 0 Å². The van der Waals surface area contributed by atoms with Crippen molar-refractivity contribution in [2.24, 2.45) is 0 Å². The second-order valence-electron chi connectivity index (χ2n) is 7.08. The highest BCUT2D eigenvalue weighted by Crippen LogP contribution is 2.29. The number of anilines is 3. The van der Waals surface area contributed by atoms with E-state index in [-0.39, 0.29) is 6.10 Å². The molecule has 2 N–H and O–H groups in total. The molecule has 0 radical (unpaired) electrons. The van der Waals surface area contributed by atoms with Crippen LogP contribution in [0.2, 0.25) is 0 Å². The molecule has 0 saturated carbocycles. The molecule has 132 valence electrons. The van der Waals surface area contributed by atoms with E-state index >= 15 is 0 Å². The normalized spacial score (nSPS) is 17.7. The van der Waals surface area contributed by atoms with Crippen LogP contribution in [0, 0.1) is 0 Å². The summed E-state index contributed by atoms with van der Waals surface area (Å²) in [6, 6.07) is 10.8. The topological polar surface area (TPSA) is 51.6 Å². The molecule has 2 aromatic rings. The Morgan fingerprint density at radius 3 is 2.88 bits per heavy atom. The number of aliphatic hydroxyl groups is 1. The first kappa shape index (κ1) is 16.2. The van der Waals surface area contributed by atoms with Gasteiger partial charge < -0.3 is 20.2 Å². The Labute approximate surface area is 149 Å². The zero-order chi connectivity index (χ0) is 17.2. The van der Waals surface area contributed by atoms with Crippen molar-refractivity contribution in [3.63, 3.8) is 0 Å². The van der Waals surface area contributed by atoms with Gasteiger partial charge in [-0.2, -0.15) is 0 Å². The van der Waals surface area contributed by atoms with Gasteiger partial charge in [0.25, 0.3) is 0 Å². The second-order valence-corrected chi connectivity index (χ2v) is 7.08. The van der Waals surface area contributed by atoms with E-state index in [0.717, 1.165) is 56.9 Å². The van der Waals surface area contributed by atoms with Crippen molar-refractivity contribution in [3.05, 3.63) is 47.7 Å². The van der Waals surface area contributed by atoms with Crippen LogP contribution in [0.1, 0.15) is 24.0 Å². The Bertz CT molecular complexity index is 740. The van der Waals surface area contributed by atoms with E-state index in [0.29, 0.717) is 0 Å². The Balaban J connectivity index is 1.47. The number of pyridine rings is 1. The number of nitrogens with one attached hydrogen (secondary N) is 1. The minimum absolute atomic E-state index is 0.166. The fourth-order valence-corrected chi connectivity index (χ4v) is 3.79. The third kappa shape index (κ3) is 3.42. The van der Waals surface area contributed by atoms with Crippen molar-refractivity contribution in [1.82, 2.24) is 4.98 Å². The van der Waals surface area contributed by atoms with Gasteiger partial charge in [0.05, 0.1) is 11.8 Å². The molecule has 1 aromatic carbocycles. The molecule has 0 aliphatic carbocycles. The highest BCUT2D eigenvalue weighted by atomic mass is 16.3. The number of likely N-dealkylation sites (N-methyl/N-ethyl adjacent to an activating group) is 1. The van der Waals surface area contributed by atoms with E-state index in [4.69, 9.17) is 0 Å². The number of aromatic nitrogens is 1. The van der Waals surface area contributed by atoms with Gasteiger partial charge in [-0.15, -0.1) is 0 Å². The molecule has 2 aliphatic rings. The third-order valence-electron chi connectivity index (χ3n) is 5.31. The molecule has 0 bridgehead atoms. The molecule has 3 heterocycles. The molecule has 5 nitrogen and oxygen atoms in total. The molecular weight excluding hydrogens is 312 g/mol. The number of fused-ring (bicyclic) bond motifs is 1. The van der Waals surface area contributed by atoms with Crippen LogP contribution in [0.3, 0.4) is 0 Å². The summed E-state index contributed by atoms with van der Waals surface area (Å²) in [4.78, 5) is 9.17. The second kappa shape index (κ2) is 6.92. The molecule has 25 heavy (non-hydrogen) atoms. The van der Waals surface area contributed by atoms with Gasteiger partial charge in [0.15, 0.2) is 5.82 Å². The Hall–Kier alpha value is -2.27. The van der Waals surface area contributed by atoms with Crippen LogP contribution < -0.4 is 15.1 Å². The lowest BCUT2D eigenvalue weighted by Gasteiger charge is -2.31. The largest absolute Gasteiger partial charge is 0.393 e. The van der Waals surface area contributed by atoms with Gasteiger partial charge in [-0.3, -0.25) is 0 Å². The highest BCUT2D eigenvalue weighted by molar-refractivity contribution is 5.66. The number of benzene rings is 1. The number of hydrogen-bond donors (Lipinski definition) is 2. The highest BCUT2D eigenvalue weighted by Gasteiger charge is 2.20. The number of rotatable bonds is 4. The summed E-state index contributed by atoms with van der Waals surface area (Å²) in [6.07, 6.45) is 4.44. The Morgan fingerprint density at radius 1 is 1.20 bits per heavy atom. The van der Waals surface area contributed by atoms with Crippen LogP contribution in [-0.4, -0.2) is 42.9 Å². The van der Waals surface area contributed by atoms with Crippen LogP contribution >= 0.6 is 0 Å². The minimum atomic E-state index is -0.166. The van der Waals surface area contributed by atoms with Crippen molar-refractivity contribution in [1.29, 1.82) is 0 Å². The van der Waals surface area contributed by atoms with E-state index < -0.39 is 0 Å². The Kier molecular flexibility index (Phi) is 4.49. The van der Waals surface area contributed by atoms with Crippen LogP contribution in [0.15, 0.2) is 36.5 Å². The van der Waals surface area contributed by atoms with Gasteiger partial charge in [-0.05, 0) is 48.6 Å². The van der Waals surface area contributed by atoms with Crippen LogP contribution in [-0.2, 0) is 13.0 Å². The van der Waals surface area contributed by atoms with Crippen molar-refractivity contribution in [2.45, 2.75) is 31.9 Å². The predicted molar refractivity (Wildman–Crippen MR) is 102 cm³/mol. The lowest BCUT2D eigenvalue weighted by molar-refractivity contribution is 0.145. The van der Waals surface area contributed by atoms with Gasteiger partial charge in [0.2, 0.25) is 0 Å². The maximum Gasteiger partial charge on any atom is 0.151 e. The van der Waals surface area contributed by atoms with Gasteiger partial charge in [-0.25, -0.2) is 4.98 Å². The van der Waals surface area contributed by atoms with Crippen LogP contribution in [0.4, 0.5) is 17.2 Å². The predicted octanol–water partition coefficient (Wildman–Crippen LogP) is 2.65. The molecule has 1 fully saturated rings. The molecule has 0 atom stereocenters. The van der Waals surface area contributed by atoms with Crippen molar-refractivity contribution >= 4 is 17.2 Å². The standard InChI is InChI=1S/C20H26N4O/c1-23-10-6-16-13-15(4-5-19(16)23)14-22-18-3-2-9-21-20(18)24-11-7-17(25)8-12-24/h2-5,9,13,17,22,25H,6-8,10-12,14H2,1H3. The van der Waals surface area contributed by atoms with Crippen LogP contribution in [0.5, 0.6) is 0 Å². The number of hydrogen-bond acceptors (Lipinski definition) is 5. The van der Waals surface area contributed by atoms with Gasteiger partial charge in [-0.1, -0.05) is 12.1 Å². The summed E-state index contributed by atoms with van der Waals surface area (Å²) in [5, 5.41) is 13.3.